The van der Waals surface area contributed by atoms with Gasteiger partial charge in [0.2, 0.25) is 0 Å². The van der Waals surface area contributed by atoms with Crippen molar-refractivity contribution in [2.24, 2.45) is 0 Å². The number of anilines is 1. The molecule has 3 rings (SSSR count). The van der Waals surface area contributed by atoms with E-state index in [0.717, 1.165) is 0 Å². The zero-order chi connectivity index (χ0) is 22.5. The fourth-order valence-corrected chi connectivity index (χ4v) is 3.24. The summed E-state index contributed by atoms with van der Waals surface area (Å²) in [7, 11) is 2.40. The number of aliphatic hydroxyl groups excluding tert-OH is 1. The molecule has 2 aromatic carbocycles. The fourth-order valence-electron chi connectivity index (χ4n) is 3.24. The first-order valence-corrected chi connectivity index (χ1v) is 9.36. The molecule has 0 bridgehead atoms. The number of esters is 2. The van der Waals surface area contributed by atoms with Crippen LogP contribution in [0.2, 0.25) is 0 Å². The number of aliphatic hydroxyl groups is 1. The molecular formula is C22H21FN2O6. The third-order valence-corrected chi connectivity index (χ3v) is 4.79. The Labute approximate surface area is 177 Å². The molecule has 0 aliphatic carbocycles. The molecule has 1 amide bonds. The number of carbonyl (C=O) groups excluding carboxylic acids is 3. The number of hydrogen-bond donors (Lipinski definition) is 2. The van der Waals surface area contributed by atoms with Crippen molar-refractivity contribution in [1.29, 1.82) is 0 Å². The number of ether oxygens (including phenoxy) is 2. The molecule has 9 heteroatoms. The lowest BCUT2D eigenvalue weighted by molar-refractivity contribution is -0.136. The smallest absolute Gasteiger partial charge is 0.340 e. The van der Waals surface area contributed by atoms with E-state index in [-0.39, 0.29) is 36.5 Å². The monoisotopic (exact) mass is 428 g/mol. The van der Waals surface area contributed by atoms with Crippen LogP contribution >= 0.6 is 0 Å². The van der Waals surface area contributed by atoms with E-state index in [1.54, 1.807) is 30.3 Å². The van der Waals surface area contributed by atoms with Gasteiger partial charge in [-0.3, -0.25) is 4.79 Å². The van der Waals surface area contributed by atoms with Crippen LogP contribution in [-0.4, -0.2) is 61.8 Å². The van der Waals surface area contributed by atoms with Gasteiger partial charge in [-0.25, -0.2) is 14.0 Å². The minimum atomic E-state index is -0.770. The summed E-state index contributed by atoms with van der Waals surface area (Å²) in [6.07, 6.45) is 0. The molecular weight excluding hydrogens is 407 g/mol. The molecule has 0 aromatic heterocycles. The molecule has 1 aliphatic heterocycles. The summed E-state index contributed by atoms with van der Waals surface area (Å²) in [4.78, 5) is 37.7. The molecule has 8 nitrogen and oxygen atoms in total. The third kappa shape index (κ3) is 4.56. The fraction of sp³-hybridized carbons (Fsp3) is 0.227. The maximum atomic E-state index is 14.3. The Balaban J connectivity index is 1.91. The van der Waals surface area contributed by atoms with Crippen LogP contribution < -0.4 is 5.32 Å². The second-order valence-corrected chi connectivity index (χ2v) is 6.69. The predicted octanol–water partition coefficient (Wildman–Crippen LogP) is 1.95. The molecule has 2 aromatic rings. The number of benzene rings is 2. The highest BCUT2D eigenvalue weighted by Crippen LogP contribution is 2.28. The summed E-state index contributed by atoms with van der Waals surface area (Å²) in [5.41, 5.74) is 1.66. The van der Waals surface area contributed by atoms with Crippen LogP contribution in [0.4, 0.5) is 10.1 Å². The molecule has 0 atom stereocenters. The quantitative estimate of drug-likeness (QED) is 0.650. The summed E-state index contributed by atoms with van der Waals surface area (Å²) in [5, 5.41) is 12.1. The Bertz CT molecular complexity index is 1070. The van der Waals surface area contributed by atoms with E-state index in [1.165, 1.54) is 31.3 Å². The normalized spacial score (nSPS) is 13.4. The Morgan fingerprint density at radius 2 is 1.81 bits per heavy atom. The summed E-state index contributed by atoms with van der Waals surface area (Å²) in [5.74, 6) is -2.57. The molecule has 0 radical (unpaired) electrons. The number of halogens is 1. The maximum Gasteiger partial charge on any atom is 0.340 e. The number of rotatable bonds is 7. The Morgan fingerprint density at radius 1 is 1.10 bits per heavy atom. The van der Waals surface area contributed by atoms with Crippen LogP contribution in [0.15, 0.2) is 53.7 Å². The number of β-amino-alcohol motifs (C(OH)–C–C–N with tert-alkyl or cyclic N) is 1. The van der Waals surface area contributed by atoms with E-state index in [2.05, 4.69) is 10.1 Å². The lowest BCUT2D eigenvalue weighted by Gasteiger charge is -2.15. The summed E-state index contributed by atoms with van der Waals surface area (Å²) >= 11 is 0. The van der Waals surface area contributed by atoms with Crippen molar-refractivity contribution in [3.05, 3.63) is 65.1 Å². The van der Waals surface area contributed by atoms with Crippen LogP contribution in [0.1, 0.15) is 10.4 Å². The minimum Gasteiger partial charge on any atom is -0.466 e. The Kier molecular flexibility index (Phi) is 6.66. The van der Waals surface area contributed by atoms with Crippen LogP contribution in [0.3, 0.4) is 0 Å². The molecule has 0 unspecified atom stereocenters. The van der Waals surface area contributed by atoms with E-state index < -0.39 is 23.7 Å². The third-order valence-electron chi connectivity index (χ3n) is 4.79. The highest BCUT2D eigenvalue weighted by Gasteiger charge is 2.34. The van der Waals surface area contributed by atoms with Crippen LogP contribution in [0, 0.1) is 5.82 Å². The van der Waals surface area contributed by atoms with Gasteiger partial charge in [0.15, 0.2) is 0 Å². The van der Waals surface area contributed by atoms with Crippen molar-refractivity contribution in [2.45, 2.75) is 0 Å². The number of amides is 1. The minimum absolute atomic E-state index is 0.0221. The van der Waals surface area contributed by atoms with Crippen LogP contribution in [0.25, 0.3) is 11.1 Å². The molecule has 2 N–H and O–H groups in total. The molecule has 1 aliphatic rings. The second-order valence-electron chi connectivity index (χ2n) is 6.69. The zero-order valence-corrected chi connectivity index (χ0v) is 17.0. The average molecular weight is 428 g/mol. The van der Waals surface area contributed by atoms with Gasteiger partial charge in [-0.2, -0.15) is 0 Å². The first-order valence-electron chi connectivity index (χ1n) is 9.36. The highest BCUT2D eigenvalue weighted by molar-refractivity contribution is 6.08. The predicted molar refractivity (Wildman–Crippen MR) is 110 cm³/mol. The number of hydrogen-bond acceptors (Lipinski definition) is 7. The second kappa shape index (κ2) is 9.40. The summed E-state index contributed by atoms with van der Waals surface area (Å²) in [6, 6.07) is 10.9. The van der Waals surface area contributed by atoms with Gasteiger partial charge in [0.1, 0.15) is 11.5 Å². The topological polar surface area (TPSA) is 105 Å². The lowest BCUT2D eigenvalue weighted by Crippen LogP contribution is -2.31. The van der Waals surface area contributed by atoms with E-state index in [1.807, 2.05) is 0 Å². The van der Waals surface area contributed by atoms with Crippen molar-refractivity contribution >= 4 is 23.5 Å². The summed E-state index contributed by atoms with van der Waals surface area (Å²) < 4.78 is 23.6. The van der Waals surface area contributed by atoms with Gasteiger partial charge in [-0.1, -0.05) is 18.2 Å². The summed E-state index contributed by atoms with van der Waals surface area (Å²) in [6.45, 7) is -0.138. The molecule has 31 heavy (non-hydrogen) atoms. The van der Waals surface area contributed by atoms with Gasteiger partial charge < -0.3 is 24.8 Å². The number of methoxy groups -OCH3 is 2. The van der Waals surface area contributed by atoms with Crippen molar-refractivity contribution in [2.75, 3.05) is 39.2 Å². The van der Waals surface area contributed by atoms with Gasteiger partial charge in [0, 0.05) is 12.2 Å². The SMILES string of the molecule is COC(=O)C1=C(Nc2cccc(-c3ccc(C(=O)OC)c(F)c3)c2)C(=O)N(CCO)C1. The number of nitrogens with one attached hydrogen (secondary N) is 1. The molecule has 0 fully saturated rings. The van der Waals surface area contributed by atoms with Gasteiger partial charge in [0.25, 0.3) is 5.91 Å². The lowest BCUT2D eigenvalue weighted by atomic mass is 10.0. The van der Waals surface area contributed by atoms with Gasteiger partial charge in [-0.05, 0) is 35.4 Å². The van der Waals surface area contributed by atoms with Crippen molar-refractivity contribution < 1.29 is 33.4 Å². The molecule has 1 heterocycles. The van der Waals surface area contributed by atoms with E-state index >= 15 is 0 Å². The molecule has 0 saturated carbocycles. The van der Waals surface area contributed by atoms with Gasteiger partial charge >= 0.3 is 11.9 Å². The van der Waals surface area contributed by atoms with E-state index in [9.17, 15) is 18.8 Å². The molecule has 0 saturated heterocycles. The Morgan fingerprint density at radius 3 is 2.45 bits per heavy atom. The molecule has 162 valence electrons. The van der Waals surface area contributed by atoms with Crippen LogP contribution in [0.5, 0.6) is 0 Å². The van der Waals surface area contributed by atoms with Gasteiger partial charge in [-0.15, -0.1) is 0 Å². The van der Waals surface area contributed by atoms with Crippen molar-refractivity contribution in [1.82, 2.24) is 4.90 Å². The number of nitrogens with zero attached hydrogens (tertiary/aromatic N) is 1. The van der Waals surface area contributed by atoms with Crippen molar-refractivity contribution in [3.63, 3.8) is 0 Å². The van der Waals surface area contributed by atoms with Crippen molar-refractivity contribution in [3.8, 4) is 11.1 Å². The standard InChI is InChI=1S/C22H21FN2O6/c1-30-21(28)16-7-6-14(11-18(16)23)13-4-3-5-15(10-13)24-19-17(22(29)31-2)12-25(8-9-26)20(19)27/h3-7,10-11,24,26H,8-9,12H2,1-2H3. The first-order chi connectivity index (χ1) is 14.9. The largest absolute Gasteiger partial charge is 0.466 e. The maximum absolute atomic E-state index is 14.3. The van der Waals surface area contributed by atoms with Crippen LogP contribution in [-0.2, 0) is 19.1 Å². The highest BCUT2D eigenvalue weighted by atomic mass is 19.1. The average Bonchev–Trinajstić information content (AvgIpc) is 3.08. The van der Waals surface area contributed by atoms with Gasteiger partial charge in [0.05, 0.1) is 38.5 Å². The molecule has 0 spiro atoms. The first kappa shape index (κ1) is 22.0. The number of carbonyl (C=O) groups is 3. The van der Waals surface area contributed by atoms with E-state index in [0.29, 0.717) is 16.8 Å². The Hall–Kier alpha value is -3.72. The van der Waals surface area contributed by atoms with E-state index in [4.69, 9.17) is 9.84 Å². The zero-order valence-electron chi connectivity index (χ0n) is 17.0.